The van der Waals surface area contributed by atoms with E-state index >= 15 is 0 Å². The number of aromatic nitrogens is 2. The highest BCUT2D eigenvalue weighted by Gasteiger charge is 2.33. The number of hydrogen-bond acceptors (Lipinski definition) is 5. The van der Waals surface area contributed by atoms with Crippen LogP contribution in [-0.4, -0.2) is 22.7 Å². The molecule has 0 amide bonds. The largest absolute Gasteiger partial charge is 0.433 e. The second kappa shape index (κ2) is 6.78. The molecular formula is C10H13F6N5. The third kappa shape index (κ3) is 6.47. The lowest BCUT2D eigenvalue weighted by Crippen LogP contribution is -2.17. The summed E-state index contributed by atoms with van der Waals surface area (Å²) in [6.45, 7) is 0.0500. The van der Waals surface area contributed by atoms with E-state index in [1.165, 1.54) is 0 Å². The molecule has 0 aromatic carbocycles. The summed E-state index contributed by atoms with van der Waals surface area (Å²) in [5.74, 6) is 4.35. The number of hydrogen-bond donors (Lipinski definition) is 3. The van der Waals surface area contributed by atoms with E-state index in [2.05, 4.69) is 15.3 Å². The average molecular weight is 317 g/mol. The summed E-state index contributed by atoms with van der Waals surface area (Å²) in [5.41, 5.74) is 0.685. The summed E-state index contributed by atoms with van der Waals surface area (Å²) in [6.07, 6.45) is -9.86. The van der Waals surface area contributed by atoms with Crippen LogP contribution < -0.4 is 16.6 Å². The van der Waals surface area contributed by atoms with Crippen LogP contribution in [0.5, 0.6) is 0 Å². The molecule has 5 nitrogen and oxygen atoms in total. The second-order valence-corrected chi connectivity index (χ2v) is 4.10. The van der Waals surface area contributed by atoms with E-state index in [1.54, 1.807) is 0 Å². The minimum atomic E-state index is -4.68. The maximum atomic E-state index is 12.5. The van der Waals surface area contributed by atoms with Crippen molar-refractivity contribution in [2.45, 2.75) is 31.6 Å². The molecule has 0 spiro atoms. The number of halogens is 6. The molecular weight excluding hydrogens is 304 g/mol. The SMILES string of the molecule is NNc1nc(NCCCCC(F)(F)F)cc(C(F)(F)F)n1. The Morgan fingerprint density at radius 3 is 2.24 bits per heavy atom. The van der Waals surface area contributed by atoms with Crippen LogP contribution in [0, 0.1) is 0 Å². The minimum absolute atomic E-state index is 0.0500. The Labute approximate surface area is 115 Å². The normalized spacial score (nSPS) is 12.3. The first kappa shape index (κ1) is 17.3. The summed E-state index contributed by atoms with van der Waals surface area (Å²) in [5, 5.41) is 2.50. The van der Waals surface area contributed by atoms with Crippen molar-refractivity contribution in [3.05, 3.63) is 11.8 Å². The van der Waals surface area contributed by atoms with Crippen molar-refractivity contribution in [1.29, 1.82) is 0 Å². The Kier molecular flexibility index (Phi) is 5.58. The predicted octanol–water partition coefficient (Wildman–Crippen LogP) is 2.93. The number of hydrazine groups is 1. The molecule has 0 aliphatic carbocycles. The van der Waals surface area contributed by atoms with E-state index in [4.69, 9.17) is 5.84 Å². The standard InChI is InChI=1S/C10H13F6N5/c11-9(12,13)3-1-2-4-18-7-5-6(10(14,15)16)19-8(20-7)21-17/h5H,1-4,17H2,(H2,18,19,20,21). The summed E-state index contributed by atoms with van der Waals surface area (Å²) in [7, 11) is 0. The van der Waals surface area contributed by atoms with Crippen molar-refractivity contribution in [3.8, 4) is 0 Å². The Morgan fingerprint density at radius 1 is 1.05 bits per heavy atom. The number of unbranched alkanes of at least 4 members (excludes halogenated alkanes) is 1. The molecule has 0 aliphatic rings. The van der Waals surface area contributed by atoms with Gasteiger partial charge in [0.1, 0.15) is 5.82 Å². The van der Waals surface area contributed by atoms with Crippen LogP contribution in [0.4, 0.5) is 38.1 Å². The van der Waals surface area contributed by atoms with E-state index in [9.17, 15) is 26.3 Å². The van der Waals surface area contributed by atoms with E-state index in [-0.39, 0.29) is 25.2 Å². The zero-order valence-corrected chi connectivity index (χ0v) is 10.6. The third-order valence-corrected chi connectivity index (χ3v) is 2.34. The van der Waals surface area contributed by atoms with Gasteiger partial charge in [-0.3, -0.25) is 5.43 Å². The van der Waals surface area contributed by atoms with E-state index < -0.39 is 30.4 Å². The predicted molar refractivity (Wildman–Crippen MR) is 63.2 cm³/mol. The van der Waals surface area contributed by atoms with Gasteiger partial charge in [0.15, 0.2) is 5.69 Å². The van der Waals surface area contributed by atoms with Crippen molar-refractivity contribution < 1.29 is 26.3 Å². The van der Waals surface area contributed by atoms with Crippen LogP contribution in [-0.2, 0) is 6.18 Å². The first-order valence-corrected chi connectivity index (χ1v) is 5.85. The fourth-order valence-electron chi connectivity index (χ4n) is 1.41. The number of nitrogens with two attached hydrogens (primary N) is 1. The molecule has 0 fully saturated rings. The Hall–Kier alpha value is -1.78. The van der Waals surface area contributed by atoms with Gasteiger partial charge in [-0.05, 0) is 12.8 Å². The van der Waals surface area contributed by atoms with Crippen molar-refractivity contribution in [2.75, 3.05) is 17.3 Å². The Bertz CT molecular complexity index is 458. The Balaban J connectivity index is 2.59. The second-order valence-electron chi connectivity index (χ2n) is 4.10. The van der Waals surface area contributed by atoms with Gasteiger partial charge in [-0.1, -0.05) is 0 Å². The number of alkyl halides is 6. The highest BCUT2D eigenvalue weighted by atomic mass is 19.4. The monoisotopic (exact) mass is 317 g/mol. The molecule has 11 heteroatoms. The molecule has 120 valence electrons. The number of nitrogens with one attached hydrogen (secondary N) is 2. The summed E-state index contributed by atoms with van der Waals surface area (Å²) in [6, 6.07) is 0.657. The van der Waals surface area contributed by atoms with Gasteiger partial charge in [0.05, 0.1) is 0 Å². The van der Waals surface area contributed by atoms with Gasteiger partial charge in [0, 0.05) is 19.0 Å². The highest BCUT2D eigenvalue weighted by molar-refractivity contribution is 5.42. The van der Waals surface area contributed by atoms with Crippen LogP contribution >= 0.6 is 0 Å². The molecule has 1 aromatic rings. The van der Waals surface area contributed by atoms with Crippen LogP contribution in [0.25, 0.3) is 0 Å². The van der Waals surface area contributed by atoms with Crippen molar-refractivity contribution in [3.63, 3.8) is 0 Å². The van der Waals surface area contributed by atoms with Gasteiger partial charge in [-0.15, -0.1) is 0 Å². The quantitative estimate of drug-likeness (QED) is 0.325. The van der Waals surface area contributed by atoms with Gasteiger partial charge >= 0.3 is 12.4 Å². The molecule has 0 bridgehead atoms. The first-order valence-electron chi connectivity index (χ1n) is 5.85. The van der Waals surface area contributed by atoms with Crippen LogP contribution in [0.3, 0.4) is 0 Å². The number of rotatable bonds is 6. The van der Waals surface area contributed by atoms with Gasteiger partial charge < -0.3 is 5.32 Å². The third-order valence-electron chi connectivity index (χ3n) is 2.34. The molecule has 0 radical (unpaired) electrons. The molecule has 0 saturated carbocycles. The van der Waals surface area contributed by atoms with E-state index in [0.717, 1.165) is 0 Å². The molecule has 0 aliphatic heterocycles. The average Bonchev–Trinajstić information content (AvgIpc) is 2.35. The molecule has 21 heavy (non-hydrogen) atoms. The van der Waals surface area contributed by atoms with E-state index in [1.807, 2.05) is 5.43 Å². The van der Waals surface area contributed by atoms with Gasteiger partial charge in [-0.2, -0.15) is 31.3 Å². The lowest BCUT2D eigenvalue weighted by Gasteiger charge is -2.11. The zero-order valence-electron chi connectivity index (χ0n) is 10.6. The van der Waals surface area contributed by atoms with Crippen molar-refractivity contribution in [1.82, 2.24) is 9.97 Å². The molecule has 0 unspecified atom stereocenters. The van der Waals surface area contributed by atoms with Gasteiger partial charge in [0.25, 0.3) is 0 Å². The van der Waals surface area contributed by atoms with Crippen molar-refractivity contribution >= 4 is 11.8 Å². The summed E-state index contributed by atoms with van der Waals surface area (Å²) in [4.78, 5) is 6.77. The highest BCUT2D eigenvalue weighted by Crippen LogP contribution is 2.29. The molecule has 1 rings (SSSR count). The fourth-order valence-corrected chi connectivity index (χ4v) is 1.41. The van der Waals surface area contributed by atoms with Crippen molar-refractivity contribution in [2.24, 2.45) is 5.84 Å². The number of nitrogens with zero attached hydrogens (tertiary/aromatic N) is 2. The lowest BCUT2D eigenvalue weighted by molar-refractivity contribution is -0.141. The van der Waals surface area contributed by atoms with Gasteiger partial charge in [0.2, 0.25) is 5.95 Å². The molecule has 1 heterocycles. The zero-order chi connectivity index (χ0) is 16.1. The fraction of sp³-hybridized carbons (Fsp3) is 0.600. The summed E-state index contributed by atoms with van der Waals surface area (Å²) < 4.78 is 73.3. The van der Waals surface area contributed by atoms with Crippen LogP contribution in [0.15, 0.2) is 6.07 Å². The van der Waals surface area contributed by atoms with E-state index in [0.29, 0.717) is 6.07 Å². The maximum absolute atomic E-state index is 12.5. The number of nitrogen functional groups attached to an aromatic ring is 1. The van der Waals surface area contributed by atoms with Gasteiger partial charge in [-0.25, -0.2) is 10.8 Å². The maximum Gasteiger partial charge on any atom is 0.433 e. The molecule has 0 saturated heterocycles. The summed E-state index contributed by atoms with van der Waals surface area (Å²) >= 11 is 0. The first-order chi connectivity index (χ1) is 9.62. The Morgan fingerprint density at radius 2 is 1.71 bits per heavy atom. The smallest absolute Gasteiger partial charge is 0.370 e. The number of anilines is 2. The topological polar surface area (TPSA) is 75.9 Å². The molecule has 0 atom stereocenters. The lowest BCUT2D eigenvalue weighted by atomic mass is 10.2. The van der Waals surface area contributed by atoms with Crippen LogP contribution in [0.2, 0.25) is 0 Å². The molecule has 4 N–H and O–H groups in total. The van der Waals surface area contributed by atoms with Crippen LogP contribution in [0.1, 0.15) is 25.0 Å². The molecule has 1 aromatic heterocycles. The minimum Gasteiger partial charge on any atom is -0.370 e.